The van der Waals surface area contributed by atoms with Crippen LogP contribution in [0.15, 0.2) is 22.7 Å². The van der Waals surface area contributed by atoms with Crippen LogP contribution in [0.25, 0.3) is 0 Å². The number of carbonyl (C=O) groups excluding carboxylic acids is 1. The molecule has 0 N–H and O–H groups in total. The molecule has 0 heterocycles. The fourth-order valence-electron chi connectivity index (χ4n) is 1.54. The molecular weight excluding hydrogens is 317 g/mol. The van der Waals surface area contributed by atoms with Crippen molar-refractivity contribution in [2.24, 2.45) is 0 Å². The number of rotatable bonds is 5. The van der Waals surface area contributed by atoms with Gasteiger partial charge in [-0.15, -0.1) is 0 Å². The van der Waals surface area contributed by atoms with E-state index in [1.807, 2.05) is 13.2 Å². The number of hydrogen-bond donors (Lipinski definition) is 0. The SMILES string of the molecule is CSCCC(C)N(C)C(=O)c1cccc(F)c1Br. The Morgan fingerprint density at radius 1 is 1.56 bits per heavy atom. The summed E-state index contributed by atoms with van der Waals surface area (Å²) in [4.78, 5) is 13.9. The van der Waals surface area contributed by atoms with Gasteiger partial charge in [0.2, 0.25) is 0 Å². The Labute approximate surface area is 120 Å². The van der Waals surface area contributed by atoms with E-state index in [0.29, 0.717) is 5.56 Å². The van der Waals surface area contributed by atoms with E-state index in [2.05, 4.69) is 15.9 Å². The molecule has 0 aliphatic carbocycles. The maximum absolute atomic E-state index is 13.4. The molecule has 100 valence electrons. The van der Waals surface area contributed by atoms with Crippen LogP contribution in [0.5, 0.6) is 0 Å². The summed E-state index contributed by atoms with van der Waals surface area (Å²) < 4.78 is 13.6. The number of carbonyl (C=O) groups is 1. The average Bonchev–Trinajstić information content (AvgIpc) is 2.37. The summed E-state index contributed by atoms with van der Waals surface area (Å²) in [6.45, 7) is 2.00. The molecule has 1 unspecified atom stereocenters. The molecule has 18 heavy (non-hydrogen) atoms. The smallest absolute Gasteiger partial charge is 0.255 e. The summed E-state index contributed by atoms with van der Waals surface area (Å²) in [6, 6.07) is 4.65. The van der Waals surface area contributed by atoms with Crippen LogP contribution in [-0.4, -0.2) is 35.9 Å². The number of thioether (sulfide) groups is 1. The maximum Gasteiger partial charge on any atom is 0.255 e. The zero-order valence-corrected chi connectivity index (χ0v) is 13.1. The van der Waals surface area contributed by atoms with Gasteiger partial charge in [-0.25, -0.2) is 4.39 Å². The molecule has 0 saturated carbocycles. The first-order valence-electron chi connectivity index (χ1n) is 5.69. The predicted molar refractivity (Wildman–Crippen MR) is 78.7 cm³/mol. The highest BCUT2D eigenvalue weighted by atomic mass is 79.9. The highest BCUT2D eigenvalue weighted by Crippen LogP contribution is 2.22. The standard InChI is InChI=1S/C13H17BrFNOS/c1-9(7-8-18-3)16(2)13(17)10-5-4-6-11(15)12(10)14/h4-6,9H,7-8H2,1-3H3. The minimum atomic E-state index is -0.411. The summed E-state index contributed by atoms with van der Waals surface area (Å²) in [6.07, 6.45) is 2.97. The quantitative estimate of drug-likeness (QED) is 0.816. The van der Waals surface area contributed by atoms with Crippen LogP contribution in [0.1, 0.15) is 23.7 Å². The Morgan fingerprint density at radius 3 is 2.83 bits per heavy atom. The van der Waals surface area contributed by atoms with Crippen molar-refractivity contribution in [1.29, 1.82) is 0 Å². The molecule has 0 aromatic heterocycles. The van der Waals surface area contributed by atoms with E-state index in [9.17, 15) is 9.18 Å². The van der Waals surface area contributed by atoms with Crippen LogP contribution >= 0.6 is 27.7 Å². The second-order valence-corrected chi connectivity index (χ2v) is 5.93. The first-order valence-corrected chi connectivity index (χ1v) is 7.87. The summed E-state index contributed by atoms with van der Waals surface area (Å²) in [7, 11) is 1.75. The molecular formula is C13H17BrFNOS. The van der Waals surface area contributed by atoms with Gasteiger partial charge in [0.15, 0.2) is 0 Å². The van der Waals surface area contributed by atoms with E-state index in [-0.39, 0.29) is 16.4 Å². The third-order valence-electron chi connectivity index (χ3n) is 2.90. The number of benzene rings is 1. The van der Waals surface area contributed by atoms with Gasteiger partial charge in [-0.2, -0.15) is 11.8 Å². The molecule has 1 aromatic carbocycles. The van der Waals surface area contributed by atoms with Crippen molar-refractivity contribution in [1.82, 2.24) is 4.90 Å². The van der Waals surface area contributed by atoms with Gasteiger partial charge in [0.25, 0.3) is 5.91 Å². The molecule has 1 atom stereocenters. The van der Waals surface area contributed by atoms with Crippen molar-refractivity contribution in [3.8, 4) is 0 Å². The fourth-order valence-corrected chi connectivity index (χ4v) is 2.55. The number of nitrogens with zero attached hydrogens (tertiary/aromatic N) is 1. The highest BCUT2D eigenvalue weighted by Gasteiger charge is 2.20. The van der Waals surface area contributed by atoms with Crippen molar-refractivity contribution in [3.05, 3.63) is 34.1 Å². The Kier molecular flexibility index (Phi) is 6.15. The second kappa shape index (κ2) is 7.14. The molecule has 1 amide bonds. The Hall–Kier alpha value is -0.550. The van der Waals surface area contributed by atoms with Gasteiger partial charge in [-0.05, 0) is 53.4 Å². The van der Waals surface area contributed by atoms with Gasteiger partial charge in [0.05, 0.1) is 10.0 Å². The highest BCUT2D eigenvalue weighted by molar-refractivity contribution is 9.10. The van der Waals surface area contributed by atoms with Gasteiger partial charge in [0.1, 0.15) is 5.82 Å². The van der Waals surface area contributed by atoms with E-state index in [0.717, 1.165) is 12.2 Å². The molecule has 0 spiro atoms. The van der Waals surface area contributed by atoms with Crippen molar-refractivity contribution in [3.63, 3.8) is 0 Å². The number of halogens is 2. The van der Waals surface area contributed by atoms with Crippen molar-refractivity contribution >= 4 is 33.6 Å². The molecule has 0 radical (unpaired) electrons. The molecule has 2 nitrogen and oxygen atoms in total. The molecule has 5 heteroatoms. The first-order chi connectivity index (χ1) is 8.49. The summed E-state index contributed by atoms with van der Waals surface area (Å²) >= 11 is 4.88. The molecule has 1 aromatic rings. The molecule has 0 fully saturated rings. The van der Waals surface area contributed by atoms with Crippen LogP contribution in [0.3, 0.4) is 0 Å². The van der Waals surface area contributed by atoms with E-state index < -0.39 is 5.82 Å². The van der Waals surface area contributed by atoms with Crippen LogP contribution in [0, 0.1) is 5.82 Å². The summed E-state index contributed by atoms with van der Waals surface area (Å²) in [5.41, 5.74) is 0.369. The maximum atomic E-state index is 13.4. The topological polar surface area (TPSA) is 20.3 Å². The predicted octanol–water partition coefficient (Wildman–Crippen LogP) is 3.80. The molecule has 0 saturated heterocycles. The van der Waals surface area contributed by atoms with E-state index >= 15 is 0 Å². The van der Waals surface area contributed by atoms with E-state index in [1.165, 1.54) is 6.07 Å². The number of hydrogen-bond acceptors (Lipinski definition) is 2. The van der Waals surface area contributed by atoms with Gasteiger partial charge in [0, 0.05) is 13.1 Å². The van der Waals surface area contributed by atoms with Gasteiger partial charge >= 0.3 is 0 Å². The fraction of sp³-hybridized carbons (Fsp3) is 0.462. The average molecular weight is 334 g/mol. The molecule has 0 aliphatic heterocycles. The lowest BCUT2D eigenvalue weighted by Gasteiger charge is -2.25. The van der Waals surface area contributed by atoms with E-state index in [4.69, 9.17) is 0 Å². The first kappa shape index (κ1) is 15.5. The molecule has 0 aliphatic rings. The van der Waals surface area contributed by atoms with Crippen molar-refractivity contribution < 1.29 is 9.18 Å². The lowest BCUT2D eigenvalue weighted by atomic mass is 10.1. The Balaban J connectivity index is 2.83. The van der Waals surface area contributed by atoms with Crippen LogP contribution in [0.4, 0.5) is 4.39 Å². The lowest BCUT2D eigenvalue weighted by molar-refractivity contribution is 0.0740. The monoisotopic (exact) mass is 333 g/mol. The largest absolute Gasteiger partial charge is 0.339 e. The minimum absolute atomic E-state index is 0.139. The van der Waals surface area contributed by atoms with Crippen LogP contribution in [-0.2, 0) is 0 Å². The van der Waals surface area contributed by atoms with Gasteiger partial charge in [-0.1, -0.05) is 6.07 Å². The normalized spacial score (nSPS) is 12.3. The van der Waals surface area contributed by atoms with Gasteiger partial charge < -0.3 is 4.90 Å². The van der Waals surface area contributed by atoms with Crippen molar-refractivity contribution in [2.45, 2.75) is 19.4 Å². The summed E-state index contributed by atoms with van der Waals surface area (Å²) in [5, 5.41) is 0. The third-order valence-corrected chi connectivity index (χ3v) is 4.35. The number of amides is 1. The van der Waals surface area contributed by atoms with E-state index in [1.54, 1.807) is 35.8 Å². The minimum Gasteiger partial charge on any atom is -0.339 e. The second-order valence-electron chi connectivity index (χ2n) is 4.15. The molecule has 1 rings (SSSR count). The Morgan fingerprint density at radius 2 is 2.22 bits per heavy atom. The Bertz CT molecular complexity index is 427. The van der Waals surface area contributed by atoms with Crippen LogP contribution in [0.2, 0.25) is 0 Å². The zero-order chi connectivity index (χ0) is 13.7. The van der Waals surface area contributed by atoms with Gasteiger partial charge in [-0.3, -0.25) is 4.79 Å². The summed E-state index contributed by atoms with van der Waals surface area (Å²) in [5.74, 6) is 0.435. The van der Waals surface area contributed by atoms with Crippen LogP contribution < -0.4 is 0 Å². The lowest BCUT2D eigenvalue weighted by Crippen LogP contribution is -2.35. The zero-order valence-electron chi connectivity index (χ0n) is 10.7. The third kappa shape index (κ3) is 3.72. The van der Waals surface area contributed by atoms with Crippen molar-refractivity contribution in [2.75, 3.05) is 19.1 Å². The molecule has 0 bridgehead atoms.